The molecular formula is C18H16F5N5O2. The largest absolute Gasteiger partial charge is 0.487 e. The molecule has 1 aromatic heterocycles. The summed E-state index contributed by atoms with van der Waals surface area (Å²) in [4.78, 5) is 22.1. The summed E-state index contributed by atoms with van der Waals surface area (Å²) in [6, 6.07) is 0.103. The fourth-order valence-electron chi connectivity index (χ4n) is 3.24. The Kier molecular flexibility index (Phi) is 5.18. The molecule has 0 radical (unpaired) electrons. The molecule has 2 N–H and O–H groups in total. The van der Waals surface area contributed by atoms with Crippen molar-refractivity contribution in [2.45, 2.75) is 18.1 Å². The molecule has 3 heterocycles. The van der Waals surface area contributed by atoms with Crippen LogP contribution in [0.3, 0.4) is 0 Å². The Labute approximate surface area is 167 Å². The lowest BCUT2D eigenvalue weighted by Crippen LogP contribution is -2.55. The van der Waals surface area contributed by atoms with E-state index in [1.807, 2.05) is 0 Å². The second-order valence-corrected chi connectivity index (χ2v) is 6.99. The first-order chi connectivity index (χ1) is 14.2. The van der Waals surface area contributed by atoms with E-state index >= 15 is 0 Å². The summed E-state index contributed by atoms with van der Waals surface area (Å²) in [5.74, 6) is -8.20. The molecule has 1 amide bonds. The highest BCUT2D eigenvalue weighted by atomic mass is 19.3. The molecule has 1 unspecified atom stereocenters. The zero-order chi connectivity index (χ0) is 21.5. The van der Waals surface area contributed by atoms with E-state index in [1.165, 1.54) is 12.4 Å². The van der Waals surface area contributed by atoms with Crippen molar-refractivity contribution in [1.29, 1.82) is 0 Å². The van der Waals surface area contributed by atoms with Gasteiger partial charge in [-0.1, -0.05) is 0 Å². The molecule has 4 rings (SSSR count). The van der Waals surface area contributed by atoms with Gasteiger partial charge >= 0.3 is 0 Å². The molecule has 0 aliphatic carbocycles. The van der Waals surface area contributed by atoms with E-state index in [0.717, 1.165) is 12.1 Å². The number of nitrogens with one attached hydrogen (secondary N) is 2. The van der Waals surface area contributed by atoms with Crippen LogP contribution < -0.4 is 20.3 Å². The van der Waals surface area contributed by atoms with E-state index in [1.54, 1.807) is 4.90 Å². The summed E-state index contributed by atoms with van der Waals surface area (Å²) >= 11 is 0. The number of ether oxygens (including phenoxy) is 1. The Hall–Kier alpha value is -3.02. The van der Waals surface area contributed by atoms with Crippen molar-refractivity contribution < 1.29 is 31.5 Å². The number of hydrogen-bond acceptors (Lipinski definition) is 6. The van der Waals surface area contributed by atoms with Crippen molar-refractivity contribution in [2.75, 3.05) is 31.1 Å². The van der Waals surface area contributed by atoms with Crippen LogP contribution in [0.2, 0.25) is 0 Å². The fourth-order valence-corrected chi connectivity index (χ4v) is 3.24. The van der Waals surface area contributed by atoms with Crippen LogP contribution in [-0.4, -0.2) is 60.1 Å². The number of anilines is 1. The number of aromatic nitrogens is 2. The number of benzene rings is 1. The maximum atomic E-state index is 13.7. The van der Waals surface area contributed by atoms with Gasteiger partial charge in [-0.05, 0) is 0 Å². The van der Waals surface area contributed by atoms with Gasteiger partial charge in [0.25, 0.3) is 11.8 Å². The van der Waals surface area contributed by atoms with Crippen LogP contribution in [0.1, 0.15) is 10.5 Å². The van der Waals surface area contributed by atoms with Crippen LogP contribution in [-0.2, 0) is 0 Å². The molecular weight excluding hydrogens is 413 g/mol. The van der Waals surface area contributed by atoms with Crippen LogP contribution in [0, 0.1) is 17.5 Å². The van der Waals surface area contributed by atoms with Gasteiger partial charge in [-0.3, -0.25) is 4.79 Å². The number of amides is 1. The zero-order valence-corrected chi connectivity index (χ0v) is 15.3. The fraction of sp³-hybridized carbons (Fsp3) is 0.389. The van der Waals surface area contributed by atoms with Gasteiger partial charge in [0.2, 0.25) is 0 Å². The molecule has 1 aromatic carbocycles. The van der Waals surface area contributed by atoms with E-state index in [2.05, 4.69) is 20.6 Å². The maximum absolute atomic E-state index is 13.7. The molecule has 2 fully saturated rings. The molecule has 160 valence electrons. The minimum atomic E-state index is -3.08. The molecule has 2 saturated heterocycles. The average molecular weight is 429 g/mol. The Morgan fingerprint density at radius 2 is 1.83 bits per heavy atom. The molecule has 2 aromatic rings. The lowest BCUT2D eigenvalue weighted by molar-refractivity contribution is -0.00252. The SMILES string of the molecule is O=C(NC1CNCC1(F)F)c1nccnc1N1CC(Oc2cc(F)c(F)c(F)c2)C1. The molecule has 0 bridgehead atoms. The zero-order valence-electron chi connectivity index (χ0n) is 15.3. The molecule has 12 heteroatoms. The van der Waals surface area contributed by atoms with Crippen molar-refractivity contribution in [3.63, 3.8) is 0 Å². The van der Waals surface area contributed by atoms with Crippen molar-refractivity contribution in [2.24, 2.45) is 0 Å². The lowest BCUT2D eigenvalue weighted by Gasteiger charge is -2.40. The molecule has 2 aliphatic heterocycles. The maximum Gasteiger partial charge on any atom is 0.281 e. The predicted octanol–water partition coefficient (Wildman–Crippen LogP) is 1.50. The predicted molar refractivity (Wildman–Crippen MR) is 94.0 cm³/mol. The first-order valence-electron chi connectivity index (χ1n) is 9.01. The topological polar surface area (TPSA) is 79.4 Å². The number of halogens is 5. The molecule has 30 heavy (non-hydrogen) atoms. The Balaban J connectivity index is 1.41. The van der Waals surface area contributed by atoms with Crippen LogP contribution in [0.25, 0.3) is 0 Å². The van der Waals surface area contributed by atoms with Crippen LogP contribution in [0.15, 0.2) is 24.5 Å². The van der Waals surface area contributed by atoms with Gasteiger partial charge in [-0.25, -0.2) is 31.9 Å². The van der Waals surface area contributed by atoms with E-state index in [0.29, 0.717) is 0 Å². The van der Waals surface area contributed by atoms with Gasteiger partial charge in [0, 0.05) is 31.1 Å². The highest BCUT2D eigenvalue weighted by Crippen LogP contribution is 2.27. The number of carbonyl (C=O) groups is 1. The normalized spacial score (nSPS) is 20.7. The third kappa shape index (κ3) is 3.86. The van der Waals surface area contributed by atoms with Crippen LogP contribution in [0.4, 0.5) is 27.8 Å². The molecule has 1 atom stereocenters. The van der Waals surface area contributed by atoms with E-state index in [-0.39, 0.29) is 36.9 Å². The van der Waals surface area contributed by atoms with E-state index < -0.39 is 48.0 Å². The molecule has 2 aliphatic rings. The summed E-state index contributed by atoms with van der Waals surface area (Å²) < 4.78 is 72.5. The van der Waals surface area contributed by atoms with Gasteiger partial charge in [0.1, 0.15) is 17.9 Å². The second-order valence-electron chi connectivity index (χ2n) is 6.99. The smallest absolute Gasteiger partial charge is 0.281 e. The van der Waals surface area contributed by atoms with E-state index in [4.69, 9.17) is 4.74 Å². The van der Waals surface area contributed by atoms with Crippen LogP contribution in [0.5, 0.6) is 5.75 Å². The standard InChI is InChI=1S/C18H16F5N5O2/c19-11-3-9(4-12(20)14(11)21)30-10-6-28(7-10)16-15(25-1-2-26-16)17(29)27-13-5-24-8-18(13,22)23/h1-4,10,13,24H,5-8H2,(H,27,29). The van der Waals surface area contributed by atoms with Gasteiger partial charge in [0.15, 0.2) is 29.0 Å². The van der Waals surface area contributed by atoms with Gasteiger partial charge < -0.3 is 20.3 Å². The van der Waals surface area contributed by atoms with Crippen molar-refractivity contribution >= 4 is 11.7 Å². The Bertz CT molecular complexity index is 947. The number of hydrogen-bond donors (Lipinski definition) is 2. The minimum absolute atomic E-state index is 0.0707. The van der Waals surface area contributed by atoms with E-state index in [9.17, 15) is 26.7 Å². The number of nitrogens with zero attached hydrogens (tertiary/aromatic N) is 3. The molecule has 0 spiro atoms. The van der Waals surface area contributed by atoms with Gasteiger partial charge in [-0.15, -0.1) is 0 Å². The van der Waals surface area contributed by atoms with Gasteiger partial charge in [0.05, 0.1) is 19.6 Å². The van der Waals surface area contributed by atoms with Gasteiger partial charge in [-0.2, -0.15) is 0 Å². The van der Waals surface area contributed by atoms with Crippen molar-refractivity contribution in [3.8, 4) is 5.75 Å². The Morgan fingerprint density at radius 1 is 1.17 bits per heavy atom. The number of rotatable bonds is 5. The average Bonchev–Trinajstić information content (AvgIpc) is 3.00. The first kappa shape index (κ1) is 20.3. The third-order valence-corrected chi connectivity index (χ3v) is 4.83. The number of carbonyl (C=O) groups excluding carboxylic acids is 1. The molecule has 7 nitrogen and oxygen atoms in total. The monoisotopic (exact) mass is 429 g/mol. The summed E-state index contributed by atoms with van der Waals surface area (Å²) in [5, 5.41) is 4.78. The highest BCUT2D eigenvalue weighted by molar-refractivity contribution is 5.97. The second kappa shape index (κ2) is 7.67. The number of alkyl halides is 2. The minimum Gasteiger partial charge on any atom is -0.487 e. The van der Waals surface area contributed by atoms with Crippen molar-refractivity contribution in [1.82, 2.24) is 20.6 Å². The summed E-state index contributed by atoms with van der Waals surface area (Å²) in [6.45, 7) is -0.207. The highest BCUT2D eigenvalue weighted by Gasteiger charge is 2.45. The summed E-state index contributed by atoms with van der Waals surface area (Å²) in [7, 11) is 0. The first-order valence-corrected chi connectivity index (χ1v) is 9.01. The third-order valence-electron chi connectivity index (χ3n) is 4.83. The van der Waals surface area contributed by atoms with Crippen LogP contribution >= 0.6 is 0 Å². The van der Waals surface area contributed by atoms with Crippen molar-refractivity contribution in [3.05, 3.63) is 47.7 Å². The molecule has 0 saturated carbocycles. The summed E-state index contributed by atoms with van der Waals surface area (Å²) in [5.41, 5.74) is -0.127. The lowest BCUT2D eigenvalue weighted by atomic mass is 10.1. The summed E-state index contributed by atoms with van der Waals surface area (Å²) in [6.07, 6.45) is 2.11. The Morgan fingerprint density at radius 3 is 2.47 bits per heavy atom. The quantitative estimate of drug-likeness (QED) is 0.554.